The van der Waals surface area contributed by atoms with Crippen LogP contribution in [0.1, 0.15) is 90.0 Å². The van der Waals surface area contributed by atoms with E-state index in [0.29, 0.717) is 0 Å². The van der Waals surface area contributed by atoms with Crippen LogP contribution in [0.5, 0.6) is 0 Å². The van der Waals surface area contributed by atoms with Crippen LogP contribution in [0.2, 0.25) is 0 Å². The van der Waals surface area contributed by atoms with Crippen molar-refractivity contribution in [2.45, 2.75) is 97.4 Å². The van der Waals surface area contributed by atoms with Crippen LogP contribution in [0.4, 0.5) is 0 Å². The van der Waals surface area contributed by atoms with Crippen molar-refractivity contribution in [1.82, 2.24) is 0 Å². The standard InChI is InChI=1S/C20H36N/c1-3-5-6-7-8-9-10-11-12-13-17-21-18-15-20(14-4-2)16-19-21/h15-16,18-19H,3-14,17H2,1-2H3/q+1. The van der Waals surface area contributed by atoms with Crippen molar-refractivity contribution in [3.63, 3.8) is 0 Å². The van der Waals surface area contributed by atoms with E-state index in [1.807, 2.05) is 0 Å². The highest BCUT2D eigenvalue weighted by atomic mass is 14.9. The normalized spacial score (nSPS) is 11.0. The summed E-state index contributed by atoms with van der Waals surface area (Å²) < 4.78 is 2.34. The number of unbranched alkanes of at least 4 members (excludes halogenated alkanes) is 9. The van der Waals surface area contributed by atoms with E-state index in [2.05, 4.69) is 42.9 Å². The highest BCUT2D eigenvalue weighted by Gasteiger charge is 2.00. The van der Waals surface area contributed by atoms with Crippen LogP contribution in [-0.2, 0) is 13.0 Å². The molecule has 120 valence electrons. The third-order valence-corrected chi connectivity index (χ3v) is 4.27. The van der Waals surface area contributed by atoms with Crippen molar-refractivity contribution in [3.05, 3.63) is 30.1 Å². The molecule has 1 rings (SSSR count). The van der Waals surface area contributed by atoms with Gasteiger partial charge in [-0.05, 0) is 18.4 Å². The second-order valence-corrected chi connectivity index (χ2v) is 6.38. The Morgan fingerprint density at radius 3 is 1.71 bits per heavy atom. The molecule has 1 aromatic rings. The zero-order valence-corrected chi connectivity index (χ0v) is 14.4. The van der Waals surface area contributed by atoms with Crippen molar-refractivity contribution < 1.29 is 4.57 Å². The highest BCUT2D eigenvalue weighted by Crippen LogP contribution is 2.10. The second kappa shape index (κ2) is 12.9. The molecule has 0 aliphatic carbocycles. The number of rotatable bonds is 13. The van der Waals surface area contributed by atoms with Crippen molar-refractivity contribution in [3.8, 4) is 0 Å². The average Bonchev–Trinajstić information content (AvgIpc) is 2.51. The molecule has 21 heavy (non-hydrogen) atoms. The summed E-state index contributed by atoms with van der Waals surface area (Å²) in [5.41, 5.74) is 1.47. The first-order chi connectivity index (χ1) is 10.4. The van der Waals surface area contributed by atoms with Gasteiger partial charge in [-0.3, -0.25) is 0 Å². The lowest BCUT2D eigenvalue weighted by atomic mass is 10.1. The maximum absolute atomic E-state index is 2.34. The lowest BCUT2D eigenvalue weighted by molar-refractivity contribution is -0.697. The van der Waals surface area contributed by atoms with Gasteiger partial charge < -0.3 is 0 Å². The van der Waals surface area contributed by atoms with Crippen molar-refractivity contribution in [2.24, 2.45) is 0 Å². The molecule has 0 fully saturated rings. The van der Waals surface area contributed by atoms with E-state index < -0.39 is 0 Å². The molecule has 1 heteroatoms. The molecule has 0 unspecified atom stereocenters. The summed E-state index contributed by atoms with van der Waals surface area (Å²) in [5, 5.41) is 0. The molecule has 0 spiro atoms. The van der Waals surface area contributed by atoms with Crippen LogP contribution >= 0.6 is 0 Å². The van der Waals surface area contributed by atoms with Gasteiger partial charge in [0.1, 0.15) is 6.54 Å². The smallest absolute Gasteiger partial charge is 0.169 e. The van der Waals surface area contributed by atoms with Crippen LogP contribution in [0.25, 0.3) is 0 Å². The van der Waals surface area contributed by atoms with E-state index in [9.17, 15) is 0 Å². The van der Waals surface area contributed by atoms with Crippen LogP contribution in [0.15, 0.2) is 24.5 Å². The Labute approximate surface area is 132 Å². The van der Waals surface area contributed by atoms with Crippen LogP contribution in [0, 0.1) is 0 Å². The molecule has 0 radical (unpaired) electrons. The third kappa shape index (κ3) is 9.66. The third-order valence-electron chi connectivity index (χ3n) is 4.27. The molecular formula is C20H36N+. The van der Waals surface area contributed by atoms with Gasteiger partial charge in [-0.15, -0.1) is 0 Å². The molecule has 1 heterocycles. The molecule has 0 bridgehead atoms. The maximum atomic E-state index is 2.34. The SMILES string of the molecule is CCCCCCCCCCCC[n+]1ccc(CCC)cc1. The molecule has 0 saturated carbocycles. The first-order valence-electron chi connectivity index (χ1n) is 9.34. The minimum Gasteiger partial charge on any atom is -0.205 e. The summed E-state index contributed by atoms with van der Waals surface area (Å²) in [7, 11) is 0. The Morgan fingerprint density at radius 2 is 1.19 bits per heavy atom. The Bertz CT molecular complexity index is 328. The summed E-state index contributed by atoms with van der Waals surface area (Å²) in [6, 6.07) is 4.56. The van der Waals surface area contributed by atoms with Crippen LogP contribution < -0.4 is 4.57 Å². The lowest BCUT2D eigenvalue weighted by Crippen LogP contribution is -2.32. The molecule has 0 saturated heterocycles. The van der Waals surface area contributed by atoms with Gasteiger partial charge in [0.05, 0.1) is 0 Å². The first kappa shape index (κ1) is 18.2. The molecule has 0 atom stereocenters. The fraction of sp³-hybridized carbons (Fsp3) is 0.750. The van der Waals surface area contributed by atoms with Crippen molar-refractivity contribution >= 4 is 0 Å². The number of aryl methyl sites for hydroxylation is 2. The van der Waals surface area contributed by atoms with E-state index in [4.69, 9.17) is 0 Å². The number of hydrogen-bond donors (Lipinski definition) is 0. The van der Waals surface area contributed by atoms with Gasteiger partial charge in [-0.2, -0.15) is 0 Å². The van der Waals surface area contributed by atoms with Gasteiger partial charge in [0.2, 0.25) is 0 Å². The minimum atomic E-state index is 1.18. The van der Waals surface area contributed by atoms with E-state index in [1.54, 1.807) is 0 Å². The maximum Gasteiger partial charge on any atom is 0.169 e. The summed E-state index contributed by atoms with van der Waals surface area (Å²) >= 11 is 0. The summed E-state index contributed by atoms with van der Waals surface area (Å²) in [4.78, 5) is 0. The fourth-order valence-electron chi connectivity index (χ4n) is 2.87. The summed E-state index contributed by atoms with van der Waals surface area (Å²) in [6.07, 6.45) is 21.1. The fourth-order valence-corrected chi connectivity index (χ4v) is 2.87. The van der Waals surface area contributed by atoms with Gasteiger partial charge >= 0.3 is 0 Å². The zero-order chi connectivity index (χ0) is 15.2. The number of pyridine rings is 1. The average molecular weight is 291 g/mol. The Balaban J connectivity index is 1.94. The molecule has 0 aliphatic rings. The van der Waals surface area contributed by atoms with E-state index in [1.165, 1.54) is 89.2 Å². The molecule has 0 aliphatic heterocycles. The minimum absolute atomic E-state index is 1.18. The summed E-state index contributed by atoms with van der Waals surface area (Å²) in [5.74, 6) is 0. The molecule has 0 N–H and O–H groups in total. The van der Waals surface area contributed by atoms with E-state index in [0.717, 1.165) is 0 Å². The van der Waals surface area contributed by atoms with E-state index >= 15 is 0 Å². The van der Waals surface area contributed by atoms with Gasteiger partial charge in [0.25, 0.3) is 0 Å². The number of nitrogens with zero attached hydrogens (tertiary/aromatic N) is 1. The Morgan fingerprint density at radius 1 is 0.667 bits per heavy atom. The number of hydrogen-bond acceptors (Lipinski definition) is 0. The Kier molecular flexibility index (Phi) is 11.1. The second-order valence-electron chi connectivity index (χ2n) is 6.38. The van der Waals surface area contributed by atoms with Gasteiger partial charge in [0, 0.05) is 18.6 Å². The molecule has 1 aromatic heterocycles. The summed E-state index contributed by atoms with van der Waals surface area (Å²) in [6.45, 7) is 5.71. The lowest BCUT2D eigenvalue weighted by Gasteiger charge is -2.02. The number of aromatic nitrogens is 1. The van der Waals surface area contributed by atoms with Crippen LogP contribution in [0.3, 0.4) is 0 Å². The Hall–Kier alpha value is -0.850. The zero-order valence-electron chi connectivity index (χ0n) is 14.4. The van der Waals surface area contributed by atoms with E-state index in [-0.39, 0.29) is 0 Å². The molecule has 0 aromatic carbocycles. The van der Waals surface area contributed by atoms with Crippen molar-refractivity contribution in [1.29, 1.82) is 0 Å². The monoisotopic (exact) mass is 290 g/mol. The molecule has 0 amide bonds. The van der Waals surface area contributed by atoms with Gasteiger partial charge in [-0.25, -0.2) is 4.57 Å². The predicted octanol–water partition coefficient (Wildman–Crippen LogP) is 5.85. The largest absolute Gasteiger partial charge is 0.205 e. The quantitative estimate of drug-likeness (QED) is 0.317. The van der Waals surface area contributed by atoms with Gasteiger partial charge in [-0.1, -0.05) is 71.6 Å². The predicted molar refractivity (Wildman–Crippen MR) is 92.5 cm³/mol. The molecular weight excluding hydrogens is 254 g/mol. The first-order valence-corrected chi connectivity index (χ1v) is 9.34. The van der Waals surface area contributed by atoms with Crippen LogP contribution in [-0.4, -0.2) is 0 Å². The highest BCUT2D eigenvalue weighted by molar-refractivity contribution is 5.06. The molecule has 1 nitrogen and oxygen atoms in total. The van der Waals surface area contributed by atoms with Crippen molar-refractivity contribution in [2.75, 3.05) is 0 Å². The topological polar surface area (TPSA) is 3.88 Å². The van der Waals surface area contributed by atoms with Gasteiger partial charge in [0.15, 0.2) is 12.4 Å².